The van der Waals surface area contributed by atoms with E-state index >= 15 is 0 Å². The van der Waals surface area contributed by atoms with Crippen molar-refractivity contribution in [1.29, 1.82) is 0 Å². The minimum atomic E-state index is -0.114. The summed E-state index contributed by atoms with van der Waals surface area (Å²) < 4.78 is 1.78. The van der Waals surface area contributed by atoms with Crippen molar-refractivity contribution in [3.8, 4) is 0 Å². The Kier molecular flexibility index (Phi) is 4.34. The third-order valence-electron chi connectivity index (χ3n) is 3.21. The zero-order valence-corrected chi connectivity index (χ0v) is 11.9. The van der Waals surface area contributed by atoms with Gasteiger partial charge in [-0.2, -0.15) is 5.10 Å². The van der Waals surface area contributed by atoms with Crippen LogP contribution in [0.3, 0.4) is 0 Å². The molecule has 2 aromatic rings. The van der Waals surface area contributed by atoms with E-state index in [1.165, 1.54) is 0 Å². The van der Waals surface area contributed by atoms with Crippen LogP contribution in [0.25, 0.3) is 0 Å². The molecule has 2 rings (SSSR count). The van der Waals surface area contributed by atoms with E-state index in [9.17, 15) is 4.79 Å². The Morgan fingerprint density at radius 1 is 1.40 bits per heavy atom. The van der Waals surface area contributed by atoms with E-state index in [2.05, 4.69) is 20.7 Å². The number of hydrogen-bond acceptors (Lipinski definition) is 4. The van der Waals surface area contributed by atoms with E-state index in [4.69, 9.17) is 0 Å². The molecular weight excluding hydrogens is 254 g/mol. The number of nitrogens with one attached hydrogen (secondary N) is 2. The fourth-order valence-corrected chi connectivity index (χ4v) is 2.06. The highest BCUT2D eigenvalue weighted by Gasteiger charge is 2.17. The second-order valence-electron chi connectivity index (χ2n) is 4.49. The van der Waals surface area contributed by atoms with Crippen molar-refractivity contribution in [3.05, 3.63) is 41.9 Å². The Morgan fingerprint density at radius 2 is 2.20 bits per heavy atom. The van der Waals surface area contributed by atoms with Gasteiger partial charge in [0.05, 0.1) is 11.7 Å². The van der Waals surface area contributed by atoms with Gasteiger partial charge < -0.3 is 10.6 Å². The van der Waals surface area contributed by atoms with E-state index in [-0.39, 0.29) is 11.9 Å². The molecule has 0 aromatic carbocycles. The van der Waals surface area contributed by atoms with Crippen molar-refractivity contribution in [3.63, 3.8) is 0 Å². The topological polar surface area (TPSA) is 71.8 Å². The fraction of sp³-hybridized carbons (Fsp3) is 0.357. The van der Waals surface area contributed by atoms with Gasteiger partial charge in [-0.3, -0.25) is 9.48 Å². The summed E-state index contributed by atoms with van der Waals surface area (Å²) in [6.07, 6.45) is 4.15. The third kappa shape index (κ3) is 2.96. The van der Waals surface area contributed by atoms with Crippen molar-refractivity contribution in [1.82, 2.24) is 20.1 Å². The Balaban J connectivity index is 2.15. The van der Waals surface area contributed by atoms with Crippen LogP contribution in [-0.4, -0.2) is 27.7 Å². The molecule has 2 N–H and O–H groups in total. The van der Waals surface area contributed by atoms with Crippen LogP contribution in [0.2, 0.25) is 0 Å². The SMILES string of the molecule is CCC(NC(=O)c1ccnc(NC)c1)c1ccnn1C. The van der Waals surface area contributed by atoms with Crippen LogP contribution in [0, 0.1) is 0 Å². The summed E-state index contributed by atoms with van der Waals surface area (Å²) in [5.74, 6) is 0.559. The Hall–Kier alpha value is -2.37. The number of carbonyl (C=O) groups excluding carboxylic acids is 1. The van der Waals surface area contributed by atoms with Gasteiger partial charge in [-0.1, -0.05) is 6.92 Å². The molecule has 1 amide bonds. The Labute approximate surface area is 118 Å². The number of anilines is 1. The maximum atomic E-state index is 12.3. The average Bonchev–Trinajstić information content (AvgIpc) is 2.90. The maximum Gasteiger partial charge on any atom is 0.252 e. The van der Waals surface area contributed by atoms with Gasteiger partial charge in [0.2, 0.25) is 0 Å². The molecule has 20 heavy (non-hydrogen) atoms. The van der Waals surface area contributed by atoms with Crippen molar-refractivity contribution in [2.75, 3.05) is 12.4 Å². The summed E-state index contributed by atoms with van der Waals surface area (Å²) in [7, 11) is 3.64. The zero-order chi connectivity index (χ0) is 14.5. The van der Waals surface area contributed by atoms with Crippen LogP contribution in [0.5, 0.6) is 0 Å². The van der Waals surface area contributed by atoms with Gasteiger partial charge >= 0.3 is 0 Å². The van der Waals surface area contributed by atoms with Gasteiger partial charge in [-0.05, 0) is 24.6 Å². The van der Waals surface area contributed by atoms with Crippen LogP contribution < -0.4 is 10.6 Å². The molecule has 1 atom stereocenters. The quantitative estimate of drug-likeness (QED) is 0.870. The van der Waals surface area contributed by atoms with Gasteiger partial charge in [0, 0.05) is 32.1 Å². The first-order valence-electron chi connectivity index (χ1n) is 6.58. The minimum Gasteiger partial charge on any atom is -0.373 e. The van der Waals surface area contributed by atoms with E-state index in [1.807, 2.05) is 20.0 Å². The van der Waals surface area contributed by atoms with Crippen LogP contribution >= 0.6 is 0 Å². The molecule has 2 heterocycles. The largest absolute Gasteiger partial charge is 0.373 e. The minimum absolute atomic E-state index is 0.0544. The summed E-state index contributed by atoms with van der Waals surface area (Å²) >= 11 is 0. The predicted molar refractivity (Wildman–Crippen MR) is 77.5 cm³/mol. The summed E-state index contributed by atoms with van der Waals surface area (Å²) in [5.41, 5.74) is 1.58. The summed E-state index contributed by atoms with van der Waals surface area (Å²) in [4.78, 5) is 16.4. The van der Waals surface area contributed by atoms with Gasteiger partial charge in [0.1, 0.15) is 5.82 Å². The smallest absolute Gasteiger partial charge is 0.252 e. The maximum absolute atomic E-state index is 12.3. The van der Waals surface area contributed by atoms with E-state index in [0.717, 1.165) is 12.1 Å². The average molecular weight is 273 g/mol. The molecule has 0 bridgehead atoms. The van der Waals surface area contributed by atoms with Crippen LogP contribution in [0.15, 0.2) is 30.6 Å². The lowest BCUT2D eigenvalue weighted by Crippen LogP contribution is -2.29. The normalized spacial score (nSPS) is 11.9. The number of carbonyl (C=O) groups is 1. The number of pyridine rings is 1. The molecule has 0 aliphatic rings. The highest BCUT2D eigenvalue weighted by atomic mass is 16.1. The molecule has 0 aliphatic carbocycles. The predicted octanol–water partition coefficient (Wildman–Crippen LogP) is 1.74. The molecule has 1 unspecified atom stereocenters. The molecule has 2 aromatic heterocycles. The van der Waals surface area contributed by atoms with Gasteiger partial charge in [-0.25, -0.2) is 4.98 Å². The standard InChI is InChI=1S/C14H19N5O/c1-4-11(12-6-8-17-19(12)3)18-14(20)10-5-7-16-13(9-10)15-2/h5-9,11H,4H2,1-3H3,(H,15,16)(H,18,20). The molecule has 6 nitrogen and oxygen atoms in total. The number of aromatic nitrogens is 3. The lowest BCUT2D eigenvalue weighted by Gasteiger charge is -2.17. The van der Waals surface area contributed by atoms with Crippen LogP contribution in [-0.2, 0) is 7.05 Å². The molecule has 0 fully saturated rings. The van der Waals surface area contributed by atoms with Gasteiger partial charge in [0.25, 0.3) is 5.91 Å². The first-order valence-corrected chi connectivity index (χ1v) is 6.58. The fourth-order valence-electron chi connectivity index (χ4n) is 2.06. The number of amides is 1. The van der Waals surface area contributed by atoms with E-state index in [0.29, 0.717) is 11.4 Å². The summed E-state index contributed by atoms with van der Waals surface area (Å²) in [5, 5.41) is 10.1. The number of hydrogen-bond donors (Lipinski definition) is 2. The molecule has 6 heteroatoms. The van der Waals surface area contributed by atoms with Gasteiger partial charge in [0.15, 0.2) is 0 Å². The monoisotopic (exact) mass is 273 g/mol. The third-order valence-corrected chi connectivity index (χ3v) is 3.21. The first kappa shape index (κ1) is 14.0. The molecule has 0 radical (unpaired) electrons. The highest BCUT2D eigenvalue weighted by molar-refractivity contribution is 5.95. The second-order valence-corrected chi connectivity index (χ2v) is 4.49. The molecule has 0 aliphatic heterocycles. The molecular formula is C14H19N5O. The first-order chi connectivity index (χ1) is 9.65. The number of nitrogens with zero attached hydrogens (tertiary/aromatic N) is 3. The van der Waals surface area contributed by atoms with E-state index < -0.39 is 0 Å². The number of rotatable bonds is 5. The van der Waals surface area contributed by atoms with Crippen molar-refractivity contribution in [2.24, 2.45) is 7.05 Å². The van der Waals surface area contributed by atoms with Gasteiger partial charge in [-0.15, -0.1) is 0 Å². The lowest BCUT2D eigenvalue weighted by atomic mass is 10.1. The Bertz CT molecular complexity index is 593. The lowest BCUT2D eigenvalue weighted by molar-refractivity contribution is 0.0934. The van der Waals surface area contributed by atoms with Crippen molar-refractivity contribution < 1.29 is 4.79 Å². The Morgan fingerprint density at radius 3 is 2.80 bits per heavy atom. The second kappa shape index (κ2) is 6.18. The van der Waals surface area contributed by atoms with E-state index in [1.54, 1.807) is 36.3 Å². The van der Waals surface area contributed by atoms with Crippen LogP contribution in [0.4, 0.5) is 5.82 Å². The molecule has 0 saturated heterocycles. The molecule has 106 valence electrons. The molecule has 0 saturated carbocycles. The highest BCUT2D eigenvalue weighted by Crippen LogP contribution is 2.16. The zero-order valence-electron chi connectivity index (χ0n) is 11.9. The molecule has 0 spiro atoms. The summed E-state index contributed by atoms with van der Waals surface area (Å²) in [6.45, 7) is 2.03. The van der Waals surface area contributed by atoms with Crippen molar-refractivity contribution >= 4 is 11.7 Å². The van der Waals surface area contributed by atoms with Crippen LogP contribution in [0.1, 0.15) is 35.4 Å². The van der Waals surface area contributed by atoms with Crippen molar-refractivity contribution in [2.45, 2.75) is 19.4 Å². The number of aryl methyl sites for hydroxylation is 1. The summed E-state index contributed by atoms with van der Waals surface area (Å²) in [6, 6.07) is 5.29.